The monoisotopic (exact) mass is 374 g/mol. The van der Waals surface area contributed by atoms with Crippen LogP contribution in [-0.4, -0.2) is 31.1 Å². The van der Waals surface area contributed by atoms with Crippen LogP contribution in [-0.2, 0) is 19.4 Å². The van der Waals surface area contributed by atoms with E-state index in [-0.39, 0.29) is 0 Å². The molecule has 26 heavy (non-hydrogen) atoms. The molecule has 2 N–H and O–H groups in total. The second kappa shape index (κ2) is 10.2. The average molecular weight is 375 g/mol. The van der Waals surface area contributed by atoms with Gasteiger partial charge in [0.2, 0.25) is 0 Å². The Morgan fingerprint density at radius 1 is 1.23 bits per heavy atom. The standard InChI is InChI=1S/C20H30N4OS/c1-6-17-15(4)26-19(24-17)10-11-22-20(21-5)23-13-16-9-8-14(3)12-18(16)25-7-2/h8-9,12H,6-7,10-11,13H2,1-5H3,(H2,21,22,23). The lowest BCUT2D eigenvalue weighted by atomic mass is 10.1. The first kappa shape index (κ1) is 20.2. The van der Waals surface area contributed by atoms with Gasteiger partial charge >= 0.3 is 0 Å². The molecule has 0 spiro atoms. The van der Waals surface area contributed by atoms with E-state index in [0.29, 0.717) is 13.2 Å². The van der Waals surface area contributed by atoms with Gasteiger partial charge in [-0.3, -0.25) is 4.99 Å². The molecule has 0 amide bonds. The number of nitrogens with one attached hydrogen (secondary N) is 2. The van der Waals surface area contributed by atoms with Crippen molar-refractivity contribution in [2.75, 3.05) is 20.2 Å². The van der Waals surface area contributed by atoms with Crippen molar-refractivity contribution >= 4 is 17.3 Å². The summed E-state index contributed by atoms with van der Waals surface area (Å²) in [5.74, 6) is 1.72. The predicted molar refractivity (Wildman–Crippen MR) is 110 cm³/mol. The number of thiazole rings is 1. The number of ether oxygens (including phenoxy) is 1. The number of hydrogen-bond acceptors (Lipinski definition) is 4. The van der Waals surface area contributed by atoms with Crippen molar-refractivity contribution in [1.29, 1.82) is 0 Å². The largest absolute Gasteiger partial charge is 0.494 e. The summed E-state index contributed by atoms with van der Waals surface area (Å²) in [5.41, 5.74) is 3.55. The summed E-state index contributed by atoms with van der Waals surface area (Å²) in [5, 5.41) is 7.90. The smallest absolute Gasteiger partial charge is 0.191 e. The molecule has 0 radical (unpaired) electrons. The van der Waals surface area contributed by atoms with E-state index in [1.807, 2.05) is 6.92 Å². The van der Waals surface area contributed by atoms with Crippen molar-refractivity contribution in [1.82, 2.24) is 15.6 Å². The highest BCUT2D eigenvalue weighted by Gasteiger charge is 2.07. The van der Waals surface area contributed by atoms with Gasteiger partial charge in [-0.05, 0) is 38.8 Å². The number of rotatable bonds is 8. The van der Waals surface area contributed by atoms with Crippen LogP contribution in [0.2, 0.25) is 0 Å². The molecular weight excluding hydrogens is 344 g/mol. The molecule has 2 rings (SSSR count). The van der Waals surface area contributed by atoms with Crippen LogP contribution in [0.4, 0.5) is 0 Å². The van der Waals surface area contributed by atoms with Crippen molar-refractivity contribution in [2.45, 2.75) is 47.1 Å². The van der Waals surface area contributed by atoms with E-state index in [2.05, 4.69) is 59.6 Å². The average Bonchev–Trinajstić information content (AvgIpc) is 2.99. The lowest BCUT2D eigenvalue weighted by molar-refractivity contribution is 0.336. The minimum absolute atomic E-state index is 0.663. The Kier molecular flexibility index (Phi) is 7.91. The summed E-state index contributed by atoms with van der Waals surface area (Å²) < 4.78 is 5.74. The van der Waals surface area contributed by atoms with E-state index >= 15 is 0 Å². The summed E-state index contributed by atoms with van der Waals surface area (Å²) in [6.45, 7) is 10.5. The highest BCUT2D eigenvalue weighted by atomic mass is 32.1. The maximum absolute atomic E-state index is 5.74. The first-order valence-corrected chi connectivity index (χ1v) is 10.0. The zero-order valence-corrected chi connectivity index (χ0v) is 17.3. The topological polar surface area (TPSA) is 58.5 Å². The second-order valence-corrected chi connectivity index (χ2v) is 7.40. The third-order valence-corrected chi connectivity index (χ3v) is 5.17. The first-order valence-electron chi connectivity index (χ1n) is 9.19. The minimum atomic E-state index is 0.663. The van der Waals surface area contributed by atoms with E-state index in [0.717, 1.165) is 36.7 Å². The van der Waals surface area contributed by atoms with Crippen LogP contribution >= 0.6 is 11.3 Å². The molecule has 0 bridgehead atoms. The zero-order valence-electron chi connectivity index (χ0n) is 16.5. The van der Waals surface area contributed by atoms with Crippen molar-refractivity contribution in [3.8, 4) is 5.75 Å². The van der Waals surface area contributed by atoms with Crippen molar-refractivity contribution < 1.29 is 4.74 Å². The first-order chi connectivity index (χ1) is 12.6. The molecule has 6 heteroatoms. The predicted octanol–water partition coefficient (Wildman–Crippen LogP) is 3.63. The SMILES string of the molecule is CCOc1cc(C)ccc1CNC(=NC)NCCc1nc(CC)c(C)s1. The Hall–Kier alpha value is -2.08. The van der Waals surface area contributed by atoms with Gasteiger partial charge in [-0.25, -0.2) is 4.98 Å². The van der Waals surface area contributed by atoms with Crippen molar-refractivity contribution in [3.63, 3.8) is 0 Å². The normalized spacial score (nSPS) is 11.5. The van der Waals surface area contributed by atoms with Crippen LogP contribution in [0.25, 0.3) is 0 Å². The van der Waals surface area contributed by atoms with Crippen LogP contribution in [0.5, 0.6) is 5.75 Å². The van der Waals surface area contributed by atoms with Gasteiger partial charge in [0.1, 0.15) is 5.75 Å². The fourth-order valence-corrected chi connectivity index (χ4v) is 3.73. The van der Waals surface area contributed by atoms with Crippen molar-refractivity contribution in [3.05, 3.63) is 44.9 Å². The van der Waals surface area contributed by atoms with Crippen molar-refractivity contribution in [2.24, 2.45) is 4.99 Å². The van der Waals surface area contributed by atoms with Gasteiger partial charge in [0.25, 0.3) is 0 Å². The lowest BCUT2D eigenvalue weighted by Gasteiger charge is -2.14. The molecule has 2 aromatic rings. The molecule has 5 nitrogen and oxygen atoms in total. The van der Waals surface area contributed by atoms with Gasteiger partial charge in [0, 0.05) is 37.0 Å². The van der Waals surface area contributed by atoms with Gasteiger partial charge in [-0.1, -0.05) is 19.1 Å². The number of aliphatic imine (C=N–C) groups is 1. The highest BCUT2D eigenvalue weighted by Crippen LogP contribution is 2.20. The molecule has 1 aromatic heterocycles. The Bertz CT molecular complexity index is 739. The molecule has 0 fully saturated rings. The van der Waals surface area contributed by atoms with Gasteiger partial charge in [0.15, 0.2) is 5.96 Å². The quantitative estimate of drug-likeness (QED) is 0.547. The molecule has 0 aliphatic heterocycles. The highest BCUT2D eigenvalue weighted by molar-refractivity contribution is 7.11. The van der Waals surface area contributed by atoms with E-state index < -0.39 is 0 Å². The number of aromatic nitrogens is 1. The van der Waals surface area contributed by atoms with Crippen LogP contribution in [0.1, 0.15) is 40.6 Å². The van der Waals surface area contributed by atoms with Crippen LogP contribution in [0.15, 0.2) is 23.2 Å². The van der Waals surface area contributed by atoms with Gasteiger partial charge in [-0.2, -0.15) is 0 Å². The molecule has 0 atom stereocenters. The lowest BCUT2D eigenvalue weighted by Crippen LogP contribution is -2.37. The summed E-state index contributed by atoms with van der Waals surface area (Å²) in [6, 6.07) is 6.28. The van der Waals surface area contributed by atoms with Crippen LogP contribution < -0.4 is 15.4 Å². The molecule has 0 unspecified atom stereocenters. The molecule has 1 heterocycles. The van der Waals surface area contributed by atoms with Crippen LogP contribution in [0, 0.1) is 13.8 Å². The molecule has 0 aliphatic carbocycles. The Morgan fingerprint density at radius 3 is 2.69 bits per heavy atom. The minimum Gasteiger partial charge on any atom is -0.494 e. The molecule has 0 aliphatic rings. The summed E-state index contributed by atoms with van der Waals surface area (Å²) in [7, 11) is 1.79. The van der Waals surface area contributed by atoms with Gasteiger partial charge < -0.3 is 15.4 Å². The number of guanidine groups is 1. The summed E-state index contributed by atoms with van der Waals surface area (Å²) in [4.78, 5) is 10.3. The maximum atomic E-state index is 5.74. The fourth-order valence-electron chi connectivity index (χ4n) is 2.71. The van der Waals surface area contributed by atoms with E-state index in [4.69, 9.17) is 4.74 Å². The third kappa shape index (κ3) is 5.73. The fraction of sp³-hybridized carbons (Fsp3) is 0.500. The Morgan fingerprint density at radius 2 is 2.04 bits per heavy atom. The zero-order chi connectivity index (χ0) is 18.9. The number of aryl methyl sites for hydroxylation is 3. The molecule has 142 valence electrons. The molecular formula is C20H30N4OS. The van der Waals surface area contributed by atoms with E-state index in [1.54, 1.807) is 18.4 Å². The Labute approximate surface area is 160 Å². The summed E-state index contributed by atoms with van der Waals surface area (Å²) >= 11 is 1.79. The summed E-state index contributed by atoms with van der Waals surface area (Å²) in [6.07, 6.45) is 1.90. The van der Waals surface area contributed by atoms with Gasteiger partial charge in [0.05, 0.1) is 17.3 Å². The Balaban J connectivity index is 1.86. The number of hydrogen-bond donors (Lipinski definition) is 2. The molecule has 0 saturated heterocycles. The number of benzene rings is 1. The van der Waals surface area contributed by atoms with E-state index in [1.165, 1.54) is 21.1 Å². The van der Waals surface area contributed by atoms with Crippen LogP contribution in [0.3, 0.4) is 0 Å². The number of nitrogens with zero attached hydrogens (tertiary/aromatic N) is 2. The third-order valence-electron chi connectivity index (χ3n) is 4.10. The second-order valence-electron chi connectivity index (χ2n) is 6.11. The molecule has 1 aromatic carbocycles. The molecule has 0 saturated carbocycles. The van der Waals surface area contributed by atoms with E-state index in [9.17, 15) is 0 Å². The maximum Gasteiger partial charge on any atom is 0.191 e. The van der Waals surface area contributed by atoms with Gasteiger partial charge in [-0.15, -0.1) is 11.3 Å².